The van der Waals surface area contributed by atoms with Crippen LogP contribution in [-0.4, -0.2) is 50.3 Å². The third kappa shape index (κ3) is 3.25. The molecular formula is C20H20ClN5O2S. The maximum Gasteiger partial charge on any atom is 0.275 e. The quantitative estimate of drug-likeness (QED) is 0.625. The van der Waals surface area contributed by atoms with Crippen molar-refractivity contribution in [2.75, 3.05) is 19.7 Å². The summed E-state index contributed by atoms with van der Waals surface area (Å²) in [5, 5.41) is 4.60. The van der Waals surface area contributed by atoms with Crippen LogP contribution in [-0.2, 0) is 23.8 Å². The van der Waals surface area contributed by atoms with Gasteiger partial charge in [-0.15, -0.1) is 11.3 Å². The fourth-order valence-corrected chi connectivity index (χ4v) is 5.66. The van der Waals surface area contributed by atoms with E-state index in [4.69, 9.17) is 16.3 Å². The first-order chi connectivity index (χ1) is 14.1. The lowest BCUT2D eigenvalue weighted by Gasteiger charge is -2.43. The van der Waals surface area contributed by atoms with Crippen LogP contribution in [0.4, 0.5) is 0 Å². The van der Waals surface area contributed by atoms with Gasteiger partial charge in [0.2, 0.25) is 0 Å². The molecule has 5 rings (SSSR count). The number of carbonyl (C=O) groups is 1. The zero-order chi connectivity index (χ0) is 20.0. The maximum absolute atomic E-state index is 12.9. The lowest BCUT2D eigenvalue weighted by Crippen LogP contribution is -2.48. The summed E-state index contributed by atoms with van der Waals surface area (Å²) < 4.78 is 7.90. The molecular weight excluding hydrogens is 410 g/mol. The van der Waals surface area contributed by atoms with Crippen LogP contribution in [0.15, 0.2) is 30.9 Å². The molecule has 1 spiro atoms. The average Bonchev–Trinajstić information content (AvgIpc) is 3.33. The number of likely N-dealkylation sites (tertiary alicyclic amines) is 1. The second kappa shape index (κ2) is 7.19. The molecule has 5 heterocycles. The highest BCUT2D eigenvalue weighted by Gasteiger charge is 2.43. The summed E-state index contributed by atoms with van der Waals surface area (Å²) in [6.07, 6.45) is 9.27. The Hall–Kier alpha value is -2.29. The molecule has 0 atom stereocenters. The molecule has 0 radical (unpaired) electrons. The number of hydrogen-bond acceptors (Lipinski definition) is 6. The predicted octanol–water partition coefficient (Wildman–Crippen LogP) is 3.30. The van der Waals surface area contributed by atoms with Crippen molar-refractivity contribution >= 4 is 28.8 Å². The summed E-state index contributed by atoms with van der Waals surface area (Å²) >= 11 is 7.94. The number of thiophene rings is 1. The summed E-state index contributed by atoms with van der Waals surface area (Å²) in [4.78, 5) is 25.8. The van der Waals surface area contributed by atoms with Gasteiger partial charge in [0.05, 0.1) is 34.0 Å². The number of fused-ring (bicyclic) bond motifs is 2. The Morgan fingerprint density at radius 2 is 2.14 bits per heavy atom. The van der Waals surface area contributed by atoms with Crippen molar-refractivity contribution in [1.29, 1.82) is 0 Å². The van der Waals surface area contributed by atoms with Crippen LogP contribution in [0.1, 0.15) is 33.8 Å². The number of nitrogens with zero attached hydrogens (tertiary/aromatic N) is 5. The van der Waals surface area contributed by atoms with Crippen molar-refractivity contribution in [2.45, 2.75) is 24.9 Å². The van der Waals surface area contributed by atoms with Gasteiger partial charge < -0.3 is 9.64 Å². The van der Waals surface area contributed by atoms with Crippen molar-refractivity contribution < 1.29 is 9.53 Å². The monoisotopic (exact) mass is 429 g/mol. The van der Waals surface area contributed by atoms with E-state index in [-0.39, 0.29) is 11.5 Å². The molecule has 7 nitrogen and oxygen atoms in total. The summed E-state index contributed by atoms with van der Waals surface area (Å²) in [6, 6.07) is 2.20. The Morgan fingerprint density at radius 1 is 1.31 bits per heavy atom. The van der Waals surface area contributed by atoms with Crippen molar-refractivity contribution in [3.8, 4) is 10.6 Å². The molecule has 3 aromatic heterocycles. The van der Waals surface area contributed by atoms with Crippen LogP contribution >= 0.6 is 22.9 Å². The SMILES string of the molecule is Cn1cc(Cl)c(C(=O)N2CCC3(CC2)OCCc2sc(-c4cnccn4)cc23)n1. The number of amides is 1. The predicted molar refractivity (Wildman–Crippen MR) is 110 cm³/mol. The smallest absolute Gasteiger partial charge is 0.275 e. The summed E-state index contributed by atoms with van der Waals surface area (Å²) in [5.41, 5.74) is 2.11. The van der Waals surface area contributed by atoms with Crippen LogP contribution in [0.2, 0.25) is 5.02 Å². The van der Waals surface area contributed by atoms with E-state index in [1.165, 1.54) is 10.4 Å². The Bertz CT molecular complexity index is 1060. The Morgan fingerprint density at radius 3 is 2.83 bits per heavy atom. The van der Waals surface area contributed by atoms with E-state index in [1.54, 1.807) is 47.9 Å². The highest BCUT2D eigenvalue weighted by Crippen LogP contribution is 2.46. The van der Waals surface area contributed by atoms with E-state index in [0.29, 0.717) is 30.4 Å². The van der Waals surface area contributed by atoms with Gasteiger partial charge in [-0.1, -0.05) is 11.6 Å². The molecule has 29 heavy (non-hydrogen) atoms. The molecule has 0 N–H and O–H groups in total. The molecule has 150 valence electrons. The topological polar surface area (TPSA) is 73.1 Å². The third-order valence-electron chi connectivity index (χ3n) is 5.67. The fraction of sp³-hybridized carbons (Fsp3) is 0.400. The summed E-state index contributed by atoms with van der Waals surface area (Å²) in [7, 11) is 1.76. The van der Waals surface area contributed by atoms with Gasteiger partial charge in [-0.2, -0.15) is 5.10 Å². The number of halogens is 1. The number of aromatic nitrogens is 4. The van der Waals surface area contributed by atoms with Crippen LogP contribution < -0.4 is 0 Å². The van der Waals surface area contributed by atoms with Crippen molar-refractivity contribution in [2.24, 2.45) is 7.05 Å². The second-order valence-corrected chi connectivity index (χ2v) is 8.97. The number of aryl methyl sites for hydroxylation is 1. The van der Waals surface area contributed by atoms with Crippen molar-refractivity contribution in [1.82, 2.24) is 24.6 Å². The van der Waals surface area contributed by atoms with Crippen LogP contribution in [0.5, 0.6) is 0 Å². The molecule has 3 aromatic rings. The van der Waals surface area contributed by atoms with E-state index in [2.05, 4.69) is 21.1 Å². The molecule has 9 heteroatoms. The molecule has 1 amide bonds. The highest BCUT2D eigenvalue weighted by atomic mass is 35.5. The minimum absolute atomic E-state index is 0.118. The maximum atomic E-state index is 12.9. The van der Waals surface area contributed by atoms with Crippen LogP contribution in [0.3, 0.4) is 0 Å². The summed E-state index contributed by atoms with van der Waals surface area (Å²) in [5.74, 6) is -0.118. The molecule has 1 saturated heterocycles. The fourth-order valence-electron chi connectivity index (χ4n) is 4.21. The van der Waals surface area contributed by atoms with Gasteiger partial charge in [-0.25, -0.2) is 0 Å². The van der Waals surface area contributed by atoms with Gasteiger partial charge in [0.25, 0.3) is 5.91 Å². The first-order valence-corrected chi connectivity index (χ1v) is 10.8. The number of rotatable bonds is 2. The largest absolute Gasteiger partial charge is 0.370 e. The van der Waals surface area contributed by atoms with Gasteiger partial charge in [0, 0.05) is 50.0 Å². The Kier molecular flexibility index (Phi) is 4.64. The number of piperidine rings is 1. The number of ether oxygens (including phenoxy) is 1. The lowest BCUT2D eigenvalue weighted by molar-refractivity contribution is -0.0926. The van der Waals surface area contributed by atoms with Crippen LogP contribution in [0.25, 0.3) is 10.6 Å². The molecule has 0 bridgehead atoms. The van der Waals surface area contributed by atoms with Gasteiger partial charge in [-0.05, 0) is 24.5 Å². The normalized spacial score (nSPS) is 18.1. The van der Waals surface area contributed by atoms with Crippen molar-refractivity contribution in [3.05, 3.63) is 52.0 Å². The van der Waals surface area contributed by atoms with Gasteiger partial charge >= 0.3 is 0 Å². The second-order valence-electron chi connectivity index (χ2n) is 7.42. The summed E-state index contributed by atoms with van der Waals surface area (Å²) in [6.45, 7) is 1.93. The Labute approximate surface area is 177 Å². The highest BCUT2D eigenvalue weighted by molar-refractivity contribution is 7.15. The zero-order valence-corrected chi connectivity index (χ0v) is 17.5. The average molecular weight is 430 g/mol. The molecule has 0 aliphatic carbocycles. The van der Waals surface area contributed by atoms with E-state index < -0.39 is 0 Å². The van der Waals surface area contributed by atoms with E-state index >= 15 is 0 Å². The first kappa shape index (κ1) is 18.7. The number of carbonyl (C=O) groups excluding carboxylic acids is 1. The standard InChI is InChI=1S/C20H20ClN5O2S/c1-25-12-14(21)18(24-25)19(27)26-7-3-20(4-8-26)13-10-17(15-11-22-5-6-23-15)29-16(13)2-9-28-20/h5-6,10-12H,2-4,7-9H2,1H3. The molecule has 2 aliphatic rings. The van der Waals surface area contributed by atoms with Gasteiger partial charge in [0.15, 0.2) is 5.69 Å². The zero-order valence-electron chi connectivity index (χ0n) is 16.0. The van der Waals surface area contributed by atoms with E-state index in [1.807, 2.05) is 4.90 Å². The number of hydrogen-bond donors (Lipinski definition) is 0. The minimum Gasteiger partial charge on any atom is -0.370 e. The third-order valence-corrected chi connectivity index (χ3v) is 7.16. The minimum atomic E-state index is -0.338. The van der Waals surface area contributed by atoms with Crippen LogP contribution in [0, 0.1) is 0 Å². The lowest BCUT2D eigenvalue weighted by atomic mass is 9.82. The molecule has 0 unspecified atom stereocenters. The van der Waals surface area contributed by atoms with E-state index in [0.717, 1.165) is 29.8 Å². The Balaban J connectivity index is 1.38. The van der Waals surface area contributed by atoms with Gasteiger partial charge in [-0.3, -0.25) is 19.4 Å². The van der Waals surface area contributed by atoms with E-state index in [9.17, 15) is 4.79 Å². The van der Waals surface area contributed by atoms with Gasteiger partial charge in [0.1, 0.15) is 0 Å². The molecule has 2 aliphatic heterocycles. The molecule has 0 saturated carbocycles. The molecule has 0 aromatic carbocycles. The first-order valence-electron chi connectivity index (χ1n) is 9.58. The molecule has 1 fully saturated rings. The van der Waals surface area contributed by atoms with Crippen molar-refractivity contribution in [3.63, 3.8) is 0 Å².